The maximum absolute atomic E-state index is 6.30. The van der Waals surface area contributed by atoms with Crippen molar-refractivity contribution in [2.45, 2.75) is 6.92 Å². The van der Waals surface area contributed by atoms with Crippen LogP contribution in [0.15, 0.2) is 30.3 Å². The van der Waals surface area contributed by atoms with Crippen LogP contribution in [0.3, 0.4) is 0 Å². The van der Waals surface area contributed by atoms with Crippen LogP contribution in [0.25, 0.3) is 22.2 Å². The van der Waals surface area contributed by atoms with Crippen LogP contribution in [0.1, 0.15) is 5.56 Å². The number of aromatic nitrogens is 1. The van der Waals surface area contributed by atoms with E-state index >= 15 is 0 Å². The number of hydrogen-bond donors (Lipinski definition) is 0. The highest BCUT2D eigenvalue weighted by atomic mass is 35.5. The van der Waals surface area contributed by atoms with Gasteiger partial charge in [0.05, 0.1) is 30.5 Å². The van der Waals surface area contributed by atoms with Crippen molar-refractivity contribution >= 4 is 22.5 Å². The Morgan fingerprint density at radius 1 is 0.960 bits per heavy atom. The number of ether oxygens (including phenoxy) is 4. The lowest BCUT2D eigenvalue weighted by atomic mass is 10.0. The van der Waals surface area contributed by atoms with E-state index in [1.54, 1.807) is 26.4 Å². The molecule has 0 N–H and O–H groups in total. The van der Waals surface area contributed by atoms with Gasteiger partial charge in [-0.25, -0.2) is 4.98 Å². The Hall–Kier alpha value is -2.66. The second-order valence-electron chi connectivity index (χ2n) is 5.73. The Kier molecular flexibility index (Phi) is 3.81. The van der Waals surface area contributed by atoms with E-state index in [0.717, 1.165) is 33.5 Å². The van der Waals surface area contributed by atoms with Gasteiger partial charge in [-0.05, 0) is 30.7 Å². The molecule has 5 nitrogen and oxygen atoms in total. The van der Waals surface area contributed by atoms with Crippen molar-refractivity contribution in [2.75, 3.05) is 21.0 Å². The smallest absolute Gasteiger partial charge is 0.231 e. The van der Waals surface area contributed by atoms with Crippen LogP contribution >= 0.6 is 11.6 Å². The molecule has 0 atom stereocenters. The van der Waals surface area contributed by atoms with Crippen LogP contribution in [0.2, 0.25) is 5.02 Å². The minimum absolute atomic E-state index is 0.236. The number of pyridine rings is 1. The fraction of sp³-hybridized carbons (Fsp3) is 0.211. The average Bonchev–Trinajstić information content (AvgIpc) is 3.07. The number of halogens is 1. The number of fused-ring (bicyclic) bond motifs is 2. The van der Waals surface area contributed by atoms with Crippen molar-refractivity contribution in [3.05, 3.63) is 40.9 Å². The fourth-order valence-corrected chi connectivity index (χ4v) is 3.22. The third kappa shape index (κ3) is 2.61. The van der Waals surface area contributed by atoms with Gasteiger partial charge in [0.15, 0.2) is 11.5 Å². The van der Waals surface area contributed by atoms with Gasteiger partial charge in [0.1, 0.15) is 11.5 Å². The second kappa shape index (κ2) is 6.01. The summed E-state index contributed by atoms with van der Waals surface area (Å²) in [4.78, 5) is 4.77. The monoisotopic (exact) mass is 357 g/mol. The Bertz CT molecular complexity index is 987. The summed E-state index contributed by atoms with van der Waals surface area (Å²) in [5.74, 6) is 2.66. The highest BCUT2D eigenvalue weighted by molar-refractivity contribution is 6.32. The molecule has 0 saturated carbocycles. The number of nitrogens with zero attached hydrogens (tertiary/aromatic N) is 1. The summed E-state index contributed by atoms with van der Waals surface area (Å²) >= 11 is 6.30. The zero-order valence-corrected chi connectivity index (χ0v) is 14.8. The van der Waals surface area contributed by atoms with Crippen molar-refractivity contribution < 1.29 is 18.9 Å². The van der Waals surface area contributed by atoms with E-state index in [0.29, 0.717) is 22.3 Å². The van der Waals surface area contributed by atoms with Gasteiger partial charge >= 0.3 is 0 Å². The van der Waals surface area contributed by atoms with Crippen molar-refractivity contribution in [1.82, 2.24) is 4.98 Å². The quantitative estimate of drug-likeness (QED) is 0.685. The normalized spacial score (nSPS) is 12.5. The first kappa shape index (κ1) is 15.8. The molecule has 6 heteroatoms. The molecule has 0 aliphatic carbocycles. The standard InChI is InChI=1S/C19H16ClNO4/c1-10-4-14(12-5-13(20)17(23-3)8-16(12)22-2)21-15-7-19-18(6-11(10)15)24-9-25-19/h4-8H,9H2,1-3H3. The lowest BCUT2D eigenvalue weighted by Gasteiger charge is -2.13. The molecule has 0 saturated heterocycles. The van der Waals surface area contributed by atoms with Crippen molar-refractivity contribution in [3.63, 3.8) is 0 Å². The summed E-state index contributed by atoms with van der Waals surface area (Å²) in [5.41, 5.74) is 3.47. The van der Waals surface area contributed by atoms with Gasteiger partial charge in [-0.2, -0.15) is 0 Å². The first-order chi connectivity index (χ1) is 12.1. The van der Waals surface area contributed by atoms with Gasteiger partial charge < -0.3 is 18.9 Å². The summed E-state index contributed by atoms with van der Waals surface area (Å²) in [6.45, 7) is 2.27. The molecule has 1 aliphatic heterocycles. The molecule has 1 aromatic heterocycles. The molecule has 0 fully saturated rings. The molecule has 0 radical (unpaired) electrons. The minimum atomic E-state index is 0.236. The van der Waals surface area contributed by atoms with Crippen LogP contribution in [-0.2, 0) is 0 Å². The van der Waals surface area contributed by atoms with Crippen LogP contribution in [-0.4, -0.2) is 26.0 Å². The lowest BCUT2D eigenvalue weighted by Crippen LogP contribution is -1.95. The van der Waals surface area contributed by atoms with E-state index in [2.05, 4.69) is 0 Å². The topological polar surface area (TPSA) is 49.8 Å². The highest BCUT2D eigenvalue weighted by Crippen LogP contribution is 2.41. The highest BCUT2D eigenvalue weighted by Gasteiger charge is 2.18. The van der Waals surface area contributed by atoms with E-state index < -0.39 is 0 Å². The third-order valence-corrected chi connectivity index (χ3v) is 4.56. The van der Waals surface area contributed by atoms with Gasteiger partial charge in [-0.3, -0.25) is 0 Å². The number of hydrogen-bond acceptors (Lipinski definition) is 5. The van der Waals surface area contributed by atoms with Gasteiger partial charge in [0, 0.05) is 23.1 Å². The van der Waals surface area contributed by atoms with E-state index in [4.69, 9.17) is 35.5 Å². The molecule has 25 heavy (non-hydrogen) atoms. The molecule has 128 valence electrons. The number of benzene rings is 2. The second-order valence-corrected chi connectivity index (χ2v) is 6.14. The Morgan fingerprint density at radius 3 is 2.40 bits per heavy atom. The molecule has 4 rings (SSSR count). The predicted molar refractivity (Wildman–Crippen MR) is 96.2 cm³/mol. The van der Waals surface area contributed by atoms with E-state index in [1.165, 1.54) is 0 Å². The molecule has 1 aliphatic rings. The maximum Gasteiger partial charge on any atom is 0.231 e. The summed E-state index contributed by atoms with van der Waals surface area (Å²) < 4.78 is 21.7. The Morgan fingerprint density at radius 2 is 1.68 bits per heavy atom. The molecule has 2 aromatic carbocycles. The Balaban J connectivity index is 1.93. The first-order valence-electron chi connectivity index (χ1n) is 7.73. The fourth-order valence-electron chi connectivity index (χ4n) is 2.98. The summed E-state index contributed by atoms with van der Waals surface area (Å²) in [6, 6.07) is 9.43. The van der Waals surface area contributed by atoms with Crippen molar-refractivity contribution in [2.24, 2.45) is 0 Å². The summed E-state index contributed by atoms with van der Waals surface area (Å²) in [7, 11) is 3.18. The maximum atomic E-state index is 6.30. The SMILES string of the molecule is COc1cc(OC)c(-c2cc(C)c3cc4c(cc3n2)OCO4)cc1Cl. The first-order valence-corrected chi connectivity index (χ1v) is 8.11. The van der Waals surface area contributed by atoms with Gasteiger partial charge in [0.2, 0.25) is 6.79 Å². The molecule has 0 amide bonds. The van der Waals surface area contributed by atoms with Crippen LogP contribution in [0.5, 0.6) is 23.0 Å². The van der Waals surface area contributed by atoms with E-state index in [1.807, 2.05) is 25.1 Å². The van der Waals surface area contributed by atoms with Crippen molar-refractivity contribution in [1.29, 1.82) is 0 Å². The van der Waals surface area contributed by atoms with Gasteiger partial charge in [0.25, 0.3) is 0 Å². The summed E-state index contributed by atoms with van der Waals surface area (Å²) in [5, 5.41) is 1.52. The lowest BCUT2D eigenvalue weighted by molar-refractivity contribution is 0.174. The molecular formula is C19H16ClNO4. The van der Waals surface area contributed by atoms with Crippen LogP contribution in [0, 0.1) is 6.92 Å². The molecule has 0 spiro atoms. The molecule has 0 unspecified atom stereocenters. The zero-order valence-electron chi connectivity index (χ0n) is 14.1. The molecular weight excluding hydrogens is 342 g/mol. The Labute approximate surface area is 150 Å². The predicted octanol–water partition coefficient (Wildman–Crippen LogP) is 4.61. The van der Waals surface area contributed by atoms with E-state index in [-0.39, 0.29) is 6.79 Å². The van der Waals surface area contributed by atoms with Crippen molar-refractivity contribution in [3.8, 4) is 34.3 Å². The molecule has 3 aromatic rings. The minimum Gasteiger partial charge on any atom is -0.496 e. The largest absolute Gasteiger partial charge is 0.496 e. The van der Waals surface area contributed by atoms with Gasteiger partial charge in [-0.15, -0.1) is 0 Å². The molecule has 2 heterocycles. The zero-order chi connectivity index (χ0) is 17.6. The number of aryl methyl sites for hydroxylation is 1. The third-order valence-electron chi connectivity index (χ3n) is 4.26. The average molecular weight is 358 g/mol. The number of methoxy groups -OCH3 is 2. The molecule has 0 bridgehead atoms. The van der Waals surface area contributed by atoms with Crippen LogP contribution < -0.4 is 18.9 Å². The number of rotatable bonds is 3. The van der Waals surface area contributed by atoms with Crippen LogP contribution in [0.4, 0.5) is 0 Å². The van der Waals surface area contributed by atoms with Gasteiger partial charge in [-0.1, -0.05) is 11.6 Å². The summed E-state index contributed by atoms with van der Waals surface area (Å²) in [6.07, 6.45) is 0. The van der Waals surface area contributed by atoms with E-state index in [9.17, 15) is 0 Å².